The van der Waals surface area contributed by atoms with Crippen LogP contribution in [0.15, 0.2) is 12.3 Å². The minimum absolute atomic E-state index is 0.757. The van der Waals surface area contributed by atoms with Gasteiger partial charge in [0, 0.05) is 12.7 Å². The van der Waals surface area contributed by atoms with Crippen molar-refractivity contribution in [1.29, 1.82) is 0 Å². The fourth-order valence-electron chi connectivity index (χ4n) is 0.370. The van der Waals surface area contributed by atoms with Crippen molar-refractivity contribution in [2.75, 3.05) is 12.9 Å². The Kier molecular flexibility index (Phi) is 3.79. The molecule has 2 heteroatoms. The first-order valence-electron chi connectivity index (χ1n) is 2.72. The molecule has 0 heterocycles. The smallest absolute Gasteiger partial charge is 0.0603 e. The summed E-state index contributed by atoms with van der Waals surface area (Å²) < 4.78 is 0. The molecule has 0 radical (unpaired) electrons. The highest BCUT2D eigenvalue weighted by molar-refractivity contribution is 7.80. The van der Waals surface area contributed by atoms with Crippen molar-refractivity contribution in [1.82, 2.24) is 4.90 Å². The van der Waals surface area contributed by atoms with Gasteiger partial charge in [0.15, 0.2) is 0 Å². The van der Waals surface area contributed by atoms with Gasteiger partial charge in [0.05, 0.1) is 5.88 Å². The van der Waals surface area contributed by atoms with Gasteiger partial charge < -0.3 is 4.90 Å². The summed E-state index contributed by atoms with van der Waals surface area (Å²) in [4.78, 5) is 2.02. The van der Waals surface area contributed by atoms with Crippen molar-refractivity contribution in [3.8, 4) is 0 Å². The minimum atomic E-state index is 0.757. The third-order valence-electron chi connectivity index (χ3n) is 1.16. The molecule has 0 atom stereocenters. The maximum Gasteiger partial charge on any atom is 0.0603 e. The zero-order valence-electron chi connectivity index (χ0n) is 5.52. The van der Waals surface area contributed by atoms with E-state index in [1.807, 2.05) is 11.9 Å². The van der Waals surface area contributed by atoms with Crippen molar-refractivity contribution in [2.24, 2.45) is 0 Å². The molecule has 0 rings (SSSR count). The lowest BCUT2D eigenvalue weighted by atomic mass is 10.4. The summed E-state index contributed by atoms with van der Waals surface area (Å²) in [6.07, 6.45) is 1.01. The fourth-order valence-corrected chi connectivity index (χ4v) is 0.570. The van der Waals surface area contributed by atoms with E-state index in [9.17, 15) is 0 Å². The Balaban J connectivity index is 3.46. The first-order valence-corrected chi connectivity index (χ1v) is 3.35. The molecular weight excluding hydrogens is 118 g/mol. The summed E-state index contributed by atoms with van der Waals surface area (Å²) in [6, 6.07) is 0. The second-order valence-corrected chi connectivity index (χ2v) is 2.04. The van der Waals surface area contributed by atoms with E-state index >= 15 is 0 Å². The van der Waals surface area contributed by atoms with Crippen LogP contribution in [-0.2, 0) is 0 Å². The topological polar surface area (TPSA) is 3.24 Å². The predicted molar refractivity (Wildman–Crippen MR) is 41.0 cm³/mol. The maximum absolute atomic E-state index is 4.07. The minimum Gasteiger partial charge on any atom is -0.369 e. The maximum atomic E-state index is 4.07. The van der Waals surface area contributed by atoms with Crippen molar-refractivity contribution < 1.29 is 0 Å². The van der Waals surface area contributed by atoms with Gasteiger partial charge in [-0.2, -0.15) is 12.6 Å². The summed E-state index contributed by atoms with van der Waals surface area (Å²) in [6.45, 7) is 5.91. The Morgan fingerprint density at radius 3 is 2.38 bits per heavy atom. The first kappa shape index (κ1) is 7.89. The number of hydrogen-bond acceptors (Lipinski definition) is 2. The highest BCUT2D eigenvalue weighted by Gasteiger charge is 1.92. The van der Waals surface area contributed by atoms with Crippen LogP contribution in [0, 0.1) is 0 Å². The summed E-state index contributed by atoms with van der Waals surface area (Å²) >= 11 is 4.07. The van der Waals surface area contributed by atoms with Crippen LogP contribution in [-0.4, -0.2) is 17.8 Å². The predicted octanol–water partition coefficient (Wildman–Crippen LogP) is 1.73. The molecule has 0 amide bonds. The molecular formula is C6H13NS. The molecule has 0 unspecified atom stereocenters. The quantitative estimate of drug-likeness (QED) is 0.451. The molecule has 0 aromatic rings. The van der Waals surface area contributed by atoms with E-state index in [0.29, 0.717) is 0 Å². The molecule has 1 nitrogen and oxygen atoms in total. The molecule has 0 bridgehead atoms. The van der Waals surface area contributed by atoms with E-state index in [1.165, 1.54) is 0 Å². The second-order valence-electron chi connectivity index (χ2n) is 1.76. The van der Waals surface area contributed by atoms with Gasteiger partial charge in [0.2, 0.25) is 0 Å². The fraction of sp³-hybridized carbons (Fsp3) is 0.667. The van der Waals surface area contributed by atoms with Crippen LogP contribution in [0.25, 0.3) is 0 Å². The van der Waals surface area contributed by atoms with Crippen LogP contribution in [0.2, 0.25) is 0 Å². The number of hydrogen-bond donors (Lipinski definition) is 1. The molecule has 0 aromatic carbocycles. The summed E-state index contributed by atoms with van der Waals surface area (Å²) in [5.41, 5.74) is 1.14. The number of allylic oxidation sites excluding steroid dienone is 1. The van der Waals surface area contributed by atoms with E-state index < -0.39 is 0 Å². The number of rotatable bonds is 3. The molecule has 0 saturated carbocycles. The Labute approximate surface area is 56.8 Å². The Morgan fingerprint density at radius 1 is 1.75 bits per heavy atom. The summed E-state index contributed by atoms with van der Waals surface area (Å²) in [5.74, 6) is 0.757. The average molecular weight is 131 g/mol. The zero-order chi connectivity index (χ0) is 6.57. The van der Waals surface area contributed by atoms with Crippen LogP contribution in [0.5, 0.6) is 0 Å². The van der Waals surface area contributed by atoms with Gasteiger partial charge in [-0.1, -0.05) is 13.5 Å². The lowest BCUT2D eigenvalue weighted by Crippen LogP contribution is -2.13. The molecule has 48 valence electrons. The van der Waals surface area contributed by atoms with Gasteiger partial charge in [-0.25, -0.2) is 0 Å². The van der Waals surface area contributed by atoms with Gasteiger partial charge in [-0.05, 0) is 6.42 Å². The van der Waals surface area contributed by atoms with E-state index in [0.717, 1.165) is 18.0 Å². The van der Waals surface area contributed by atoms with Gasteiger partial charge in [0.1, 0.15) is 0 Å². The summed E-state index contributed by atoms with van der Waals surface area (Å²) in [7, 11) is 1.98. The molecule has 0 fully saturated rings. The molecule has 0 spiro atoms. The van der Waals surface area contributed by atoms with Crippen LogP contribution < -0.4 is 0 Å². The molecule has 0 aliphatic carbocycles. The monoisotopic (exact) mass is 131 g/mol. The normalized spacial score (nSPS) is 8.88. The van der Waals surface area contributed by atoms with E-state index in [2.05, 4.69) is 26.1 Å². The van der Waals surface area contributed by atoms with Crippen molar-refractivity contribution in [3.05, 3.63) is 12.3 Å². The standard InChI is InChI=1S/C6H13NS/c1-4-6(2)7(3)5-8/h8H,2,4-5H2,1,3H3. The van der Waals surface area contributed by atoms with Gasteiger partial charge in [-0.15, -0.1) is 0 Å². The van der Waals surface area contributed by atoms with Crippen molar-refractivity contribution in [2.45, 2.75) is 13.3 Å². The van der Waals surface area contributed by atoms with Gasteiger partial charge >= 0.3 is 0 Å². The first-order chi connectivity index (χ1) is 3.72. The molecule has 0 aliphatic heterocycles. The highest BCUT2D eigenvalue weighted by atomic mass is 32.1. The van der Waals surface area contributed by atoms with E-state index in [4.69, 9.17) is 0 Å². The SMILES string of the molecule is C=C(CC)N(C)CS. The van der Waals surface area contributed by atoms with Crippen molar-refractivity contribution in [3.63, 3.8) is 0 Å². The number of nitrogens with zero attached hydrogens (tertiary/aromatic N) is 1. The van der Waals surface area contributed by atoms with E-state index in [-0.39, 0.29) is 0 Å². The molecule has 0 N–H and O–H groups in total. The molecule has 0 aliphatic rings. The third kappa shape index (κ3) is 2.26. The van der Waals surface area contributed by atoms with Crippen LogP contribution >= 0.6 is 12.6 Å². The lowest BCUT2D eigenvalue weighted by molar-refractivity contribution is 0.480. The highest BCUT2D eigenvalue weighted by Crippen LogP contribution is 2.01. The summed E-state index contributed by atoms with van der Waals surface area (Å²) in [5, 5.41) is 0. The Morgan fingerprint density at radius 2 is 2.25 bits per heavy atom. The molecule has 0 aromatic heterocycles. The van der Waals surface area contributed by atoms with E-state index in [1.54, 1.807) is 0 Å². The van der Waals surface area contributed by atoms with Gasteiger partial charge in [-0.3, -0.25) is 0 Å². The van der Waals surface area contributed by atoms with Crippen LogP contribution in [0.3, 0.4) is 0 Å². The van der Waals surface area contributed by atoms with Gasteiger partial charge in [0.25, 0.3) is 0 Å². The van der Waals surface area contributed by atoms with Crippen LogP contribution in [0.4, 0.5) is 0 Å². The third-order valence-corrected chi connectivity index (χ3v) is 1.58. The zero-order valence-corrected chi connectivity index (χ0v) is 6.41. The van der Waals surface area contributed by atoms with Crippen molar-refractivity contribution >= 4 is 12.6 Å². The Bertz CT molecular complexity index is 80.6. The number of thiol groups is 1. The van der Waals surface area contributed by atoms with Crippen LogP contribution in [0.1, 0.15) is 13.3 Å². The Hall–Kier alpha value is -0.110. The molecule has 8 heavy (non-hydrogen) atoms. The average Bonchev–Trinajstić information content (AvgIpc) is 1.84. The molecule has 0 saturated heterocycles. The lowest BCUT2D eigenvalue weighted by Gasteiger charge is -2.16. The largest absolute Gasteiger partial charge is 0.369 e. The second kappa shape index (κ2) is 3.84.